The van der Waals surface area contributed by atoms with Gasteiger partial charge >= 0.3 is 0 Å². The number of piperidine rings is 1. The van der Waals surface area contributed by atoms with Gasteiger partial charge in [-0.05, 0) is 31.7 Å². The topological polar surface area (TPSA) is 41.6 Å². The number of nitrogens with one attached hydrogen (secondary N) is 1. The maximum atomic E-state index is 12.0. The van der Waals surface area contributed by atoms with Gasteiger partial charge in [0.15, 0.2) is 0 Å². The van der Waals surface area contributed by atoms with Crippen LogP contribution < -0.4 is 5.32 Å². The quantitative estimate of drug-likeness (QED) is 0.730. The molecule has 0 aromatic rings. The summed E-state index contributed by atoms with van der Waals surface area (Å²) < 4.78 is 5.48. The Morgan fingerprint density at radius 1 is 1.38 bits per heavy atom. The van der Waals surface area contributed by atoms with Gasteiger partial charge in [0, 0.05) is 25.0 Å². The van der Waals surface area contributed by atoms with Gasteiger partial charge in [0.1, 0.15) is 6.61 Å². The van der Waals surface area contributed by atoms with Gasteiger partial charge in [-0.2, -0.15) is 0 Å². The van der Waals surface area contributed by atoms with Gasteiger partial charge in [-0.25, -0.2) is 0 Å². The summed E-state index contributed by atoms with van der Waals surface area (Å²) in [6.45, 7) is 4.04. The molecule has 1 saturated carbocycles. The molecule has 3 rings (SSSR count). The Kier molecular flexibility index (Phi) is 2.86. The van der Waals surface area contributed by atoms with Crippen LogP contribution in [-0.4, -0.2) is 49.7 Å². The van der Waals surface area contributed by atoms with Crippen molar-refractivity contribution in [1.82, 2.24) is 10.2 Å². The molecular formula is C12H20N2O2. The number of carbonyl (C=O) groups is 1. The van der Waals surface area contributed by atoms with E-state index in [1.54, 1.807) is 0 Å². The predicted molar refractivity (Wildman–Crippen MR) is 60.0 cm³/mol. The number of fused-ring (bicyclic) bond motifs is 1. The first-order chi connectivity index (χ1) is 7.84. The average Bonchev–Trinajstić information content (AvgIpc) is 3.10. The number of hydrogen-bond donors (Lipinski definition) is 1. The molecule has 3 fully saturated rings. The maximum Gasteiger partial charge on any atom is 0.248 e. The highest BCUT2D eigenvalue weighted by Crippen LogP contribution is 2.32. The second kappa shape index (κ2) is 4.34. The lowest BCUT2D eigenvalue weighted by atomic mass is 9.92. The zero-order chi connectivity index (χ0) is 11.0. The van der Waals surface area contributed by atoms with Crippen LogP contribution in [0.3, 0.4) is 0 Å². The number of rotatable bonds is 2. The first-order valence-electron chi connectivity index (χ1n) is 6.42. The average molecular weight is 224 g/mol. The van der Waals surface area contributed by atoms with E-state index < -0.39 is 0 Å². The minimum absolute atomic E-state index is 0.210. The van der Waals surface area contributed by atoms with Crippen LogP contribution in [-0.2, 0) is 9.53 Å². The van der Waals surface area contributed by atoms with E-state index in [4.69, 9.17) is 4.74 Å². The third-order valence-electron chi connectivity index (χ3n) is 4.00. The Hall–Kier alpha value is -0.610. The van der Waals surface area contributed by atoms with E-state index in [0.29, 0.717) is 18.6 Å². The third-order valence-corrected chi connectivity index (χ3v) is 4.00. The summed E-state index contributed by atoms with van der Waals surface area (Å²) in [7, 11) is 0. The highest BCUT2D eigenvalue weighted by atomic mass is 16.5. The summed E-state index contributed by atoms with van der Waals surface area (Å²) in [5, 5.41) is 3.40. The highest BCUT2D eigenvalue weighted by molar-refractivity contribution is 5.78. The molecule has 0 aromatic carbocycles. The van der Waals surface area contributed by atoms with Crippen LogP contribution in [0.2, 0.25) is 0 Å². The van der Waals surface area contributed by atoms with Gasteiger partial charge in [0.2, 0.25) is 5.91 Å². The van der Waals surface area contributed by atoms with Crippen molar-refractivity contribution in [1.29, 1.82) is 0 Å². The van der Waals surface area contributed by atoms with Crippen LogP contribution in [0.5, 0.6) is 0 Å². The van der Waals surface area contributed by atoms with Crippen LogP contribution in [0.15, 0.2) is 0 Å². The molecule has 2 atom stereocenters. The molecule has 2 aliphatic heterocycles. The molecule has 90 valence electrons. The number of nitrogens with zero attached hydrogens (tertiary/aromatic N) is 1. The van der Waals surface area contributed by atoms with Crippen LogP contribution in [0, 0.1) is 11.8 Å². The summed E-state index contributed by atoms with van der Waals surface area (Å²) in [5.41, 5.74) is 0. The molecule has 3 aliphatic rings. The Morgan fingerprint density at radius 3 is 3.06 bits per heavy atom. The van der Waals surface area contributed by atoms with Crippen molar-refractivity contribution < 1.29 is 9.53 Å². The van der Waals surface area contributed by atoms with E-state index >= 15 is 0 Å². The predicted octanol–water partition coefficient (Wildman–Crippen LogP) is 0.233. The van der Waals surface area contributed by atoms with E-state index in [-0.39, 0.29) is 5.91 Å². The van der Waals surface area contributed by atoms with E-state index in [1.807, 2.05) is 0 Å². The molecule has 16 heavy (non-hydrogen) atoms. The Labute approximate surface area is 96.3 Å². The molecule has 0 bridgehead atoms. The number of hydrogen-bond acceptors (Lipinski definition) is 3. The highest BCUT2D eigenvalue weighted by Gasteiger charge is 2.38. The summed E-state index contributed by atoms with van der Waals surface area (Å²) in [6.07, 6.45) is 3.70. The van der Waals surface area contributed by atoms with Gasteiger partial charge in [0.25, 0.3) is 0 Å². The molecule has 1 amide bonds. The molecule has 4 nitrogen and oxygen atoms in total. The Morgan fingerprint density at radius 2 is 2.25 bits per heavy atom. The third kappa shape index (κ3) is 2.09. The van der Waals surface area contributed by atoms with Gasteiger partial charge < -0.3 is 15.0 Å². The zero-order valence-electron chi connectivity index (χ0n) is 9.65. The van der Waals surface area contributed by atoms with Gasteiger partial charge in [-0.3, -0.25) is 4.79 Å². The number of amides is 1. The second-order valence-corrected chi connectivity index (χ2v) is 5.32. The molecule has 0 radical (unpaired) electrons. The molecule has 1 N–H and O–H groups in total. The number of ether oxygens (including phenoxy) is 1. The zero-order valence-corrected chi connectivity index (χ0v) is 9.65. The maximum absolute atomic E-state index is 12.0. The van der Waals surface area contributed by atoms with E-state index in [2.05, 4.69) is 10.2 Å². The Bertz CT molecular complexity index is 278. The van der Waals surface area contributed by atoms with Crippen LogP contribution in [0.4, 0.5) is 0 Å². The Balaban J connectivity index is 1.74. The van der Waals surface area contributed by atoms with Crippen molar-refractivity contribution in [3.8, 4) is 0 Å². The molecule has 0 aromatic heterocycles. The molecule has 2 saturated heterocycles. The number of carbonyl (C=O) groups excluding carboxylic acids is 1. The van der Waals surface area contributed by atoms with E-state index in [1.165, 1.54) is 12.8 Å². The summed E-state index contributed by atoms with van der Waals surface area (Å²) >= 11 is 0. The monoisotopic (exact) mass is 224 g/mol. The lowest BCUT2D eigenvalue weighted by Crippen LogP contribution is -2.52. The normalized spacial score (nSPS) is 35.8. The van der Waals surface area contributed by atoms with E-state index in [9.17, 15) is 4.79 Å². The minimum atomic E-state index is 0.210. The molecule has 0 unspecified atom stereocenters. The summed E-state index contributed by atoms with van der Waals surface area (Å²) in [5.74, 6) is 1.48. The van der Waals surface area contributed by atoms with Gasteiger partial charge in [-0.1, -0.05) is 0 Å². The molecule has 2 heterocycles. The first-order valence-corrected chi connectivity index (χ1v) is 6.42. The second-order valence-electron chi connectivity index (χ2n) is 5.32. The summed E-state index contributed by atoms with van der Waals surface area (Å²) in [6, 6.07) is 0.428. The minimum Gasteiger partial charge on any atom is -0.371 e. The molecule has 0 spiro atoms. The fourth-order valence-electron chi connectivity index (χ4n) is 2.87. The van der Waals surface area contributed by atoms with Gasteiger partial charge in [0.05, 0.1) is 6.61 Å². The first kappa shape index (κ1) is 10.5. The van der Waals surface area contributed by atoms with E-state index in [0.717, 1.165) is 38.6 Å². The summed E-state index contributed by atoms with van der Waals surface area (Å²) in [4.78, 5) is 14.1. The smallest absolute Gasteiger partial charge is 0.248 e. The van der Waals surface area contributed by atoms with Crippen molar-refractivity contribution in [3.05, 3.63) is 0 Å². The van der Waals surface area contributed by atoms with Crippen LogP contribution >= 0.6 is 0 Å². The lowest BCUT2D eigenvalue weighted by molar-refractivity contribution is -0.136. The van der Waals surface area contributed by atoms with Crippen molar-refractivity contribution in [2.24, 2.45) is 11.8 Å². The molecular weight excluding hydrogens is 204 g/mol. The molecule has 4 heteroatoms. The fourth-order valence-corrected chi connectivity index (χ4v) is 2.87. The van der Waals surface area contributed by atoms with Crippen LogP contribution in [0.25, 0.3) is 0 Å². The largest absolute Gasteiger partial charge is 0.371 e. The van der Waals surface area contributed by atoms with Crippen molar-refractivity contribution in [2.75, 3.05) is 32.8 Å². The fraction of sp³-hybridized carbons (Fsp3) is 0.917. The standard InChI is InChI=1S/C12H20N2O2/c15-12-8-16-7-10-5-13-4-3-11(10)14(12)6-9-1-2-9/h9-11,13H,1-8H2/t10-,11+/m0/s1. The molecule has 1 aliphatic carbocycles. The van der Waals surface area contributed by atoms with Crippen molar-refractivity contribution in [3.63, 3.8) is 0 Å². The van der Waals surface area contributed by atoms with Crippen molar-refractivity contribution in [2.45, 2.75) is 25.3 Å². The van der Waals surface area contributed by atoms with Crippen molar-refractivity contribution >= 4 is 5.91 Å². The lowest BCUT2D eigenvalue weighted by Gasteiger charge is -2.38. The van der Waals surface area contributed by atoms with Gasteiger partial charge in [-0.15, -0.1) is 0 Å². The van der Waals surface area contributed by atoms with Crippen LogP contribution in [0.1, 0.15) is 19.3 Å². The SMILES string of the molecule is O=C1COC[C@@H]2CNCC[C@H]2N1CC1CC1.